The summed E-state index contributed by atoms with van der Waals surface area (Å²) in [5.74, 6) is -0.304. The molecule has 2 aromatic carbocycles. The number of ketones is 1. The van der Waals surface area contributed by atoms with Gasteiger partial charge < -0.3 is 0 Å². The van der Waals surface area contributed by atoms with Gasteiger partial charge in [-0.2, -0.15) is 0 Å². The molecular formula is C16H15FO. The van der Waals surface area contributed by atoms with Crippen LogP contribution < -0.4 is 0 Å². The zero-order chi connectivity index (χ0) is 13.1. The van der Waals surface area contributed by atoms with Gasteiger partial charge in [0.25, 0.3) is 0 Å². The monoisotopic (exact) mass is 242 g/mol. The van der Waals surface area contributed by atoms with Gasteiger partial charge in [0.1, 0.15) is 5.82 Å². The number of rotatable bonds is 3. The Morgan fingerprint density at radius 1 is 1.06 bits per heavy atom. The van der Waals surface area contributed by atoms with Gasteiger partial charge in [-0.1, -0.05) is 23.8 Å². The molecule has 0 atom stereocenters. The minimum Gasteiger partial charge on any atom is -0.294 e. The van der Waals surface area contributed by atoms with Crippen molar-refractivity contribution in [2.24, 2.45) is 0 Å². The molecule has 0 saturated carbocycles. The van der Waals surface area contributed by atoms with Gasteiger partial charge in [-0.3, -0.25) is 4.79 Å². The van der Waals surface area contributed by atoms with E-state index in [9.17, 15) is 9.18 Å². The van der Waals surface area contributed by atoms with E-state index < -0.39 is 0 Å². The van der Waals surface area contributed by atoms with Crippen molar-refractivity contribution in [3.63, 3.8) is 0 Å². The lowest BCUT2D eigenvalue weighted by Crippen LogP contribution is -2.05. The molecule has 0 radical (unpaired) electrons. The molecule has 0 amide bonds. The van der Waals surface area contributed by atoms with Gasteiger partial charge in [0.2, 0.25) is 0 Å². The largest absolute Gasteiger partial charge is 0.294 e. The van der Waals surface area contributed by atoms with Crippen LogP contribution in [0.25, 0.3) is 0 Å². The van der Waals surface area contributed by atoms with Gasteiger partial charge in [-0.25, -0.2) is 4.39 Å². The Morgan fingerprint density at radius 3 is 2.39 bits per heavy atom. The van der Waals surface area contributed by atoms with E-state index in [-0.39, 0.29) is 11.6 Å². The molecule has 0 aromatic heterocycles. The first-order valence-electron chi connectivity index (χ1n) is 5.91. The summed E-state index contributed by atoms with van der Waals surface area (Å²) in [7, 11) is 0. The SMILES string of the molecule is Cc1ccc(C)c(CC(=O)c2ccc(F)cc2)c1. The molecule has 0 unspecified atom stereocenters. The predicted octanol–water partition coefficient (Wildman–Crippen LogP) is 3.87. The van der Waals surface area contributed by atoms with Crippen LogP contribution in [0.3, 0.4) is 0 Å². The highest BCUT2D eigenvalue weighted by Gasteiger charge is 2.09. The number of aryl methyl sites for hydroxylation is 2. The second-order valence-electron chi connectivity index (χ2n) is 4.54. The molecule has 1 nitrogen and oxygen atoms in total. The summed E-state index contributed by atoms with van der Waals surface area (Å²) >= 11 is 0. The third kappa shape index (κ3) is 2.83. The second kappa shape index (κ2) is 5.13. The summed E-state index contributed by atoms with van der Waals surface area (Å²) in [5.41, 5.74) is 3.83. The van der Waals surface area contributed by atoms with Crippen LogP contribution in [0.15, 0.2) is 42.5 Å². The number of hydrogen-bond donors (Lipinski definition) is 0. The lowest BCUT2D eigenvalue weighted by atomic mass is 9.98. The van der Waals surface area contributed by atoms with Crippen molar-refractivity contribution in [2.75, 3.05) is 0 Å². The van der Waals surface area contributed by atoms with E-state index in [1.54, 1.807) is 0 Å². The minimum absolute atomic E-state index is 0.0173. The van der Waals surface area contributed by atoms with Gasteiger partial charge in [-0.05, 0) is 49.2 Å². The quantitative estimate of drug-likeness (QED) is 0.747. The van der Waals surface area contributed by atoms with E-state index >= 15 is 0 Å². The Morgan fingerprint density at radius 2 is 1.72 bits per heavy atom. The van der Waals surface area contributed by atoms with Crippen molar-refractivity contribution in [1.82, 2.24) is 0 Å². The molecule has 0 spiro atoms. The Kier molecular flexibility index (Phi) is 3.56. The zero-order valence-corrected chi connectivity index (χ0v) is 10.5. The van der Waals surface area contributed by atoms with E-state index in [1.165, 1.54) is 24.3 Å². The molecule has 0 bridgehead atoms. The first kappa shape index (κ1) is 12.5. The second-order valence-corrected chi connectivity index (χ2v) is 4.54. The third-order valence-corrected chi connectivity index (χ3v) is 3.02. The smallest absolute Gasteiger partial charge is 0.167 e. The van der Waals surface area contributed by atoms with Crippen LogP contribution in [-0.4, -0.2) is 5.78 Å². The first-order chi connectivity index (χ1) is 8.56. The molecular weight excluding hydrogens is 227 g/mol. The van der Waals surface area contributed by atoms with E-state index in [4.69, 9.17) is 0 Å². The molecule has 0 fully saturated rings. The van der Waals surface area contributed by atoms with Gasteiger partial charge in [0.05, 0.1) is 0 Å². The van der Waals surface area contributed by atoms with Crippen molar-refractivity contribution in [2.45, 2.75) is 20.3 Å². The van der Waals surface area contributed by atoms with Gasteiger partial charge in [0, 0.05) is 12.0 Å². The molecule has 0 aliphatic heterocycles. The fourth-order valence-corrected chi connectivity index (χ4v) is 1.90. The first-order valence-corrected chi connectivity index (χ1v) is 5.91. The minimum atomic E-state index is -0.321. The number of benzene rings is 2. The zero-order valence-electron chi connectivity index (χ0n) is 10.5. The molecule has 18 heavy (non-hydrogen) atoms. The fraction of sp³-hybridized carbons (Fsp3) is 0.188. The molecule has 2 aromatic rings. The van der Waals surface area contributed by atoms with E-state index in [2.05, 4.69) is 0 Å². The number of Topliss-reactive ketones (excluding diaryl/α,β-unsaturated/α-hetero) is 1. The van der Waals surface area contributed by atoms with Crippen molar-refractivity contribution < 1.29 is 9.18 Å². The maximum Gasteiger partial charge on any atom is 0.167 e. The van der Waals surface area contributed by atoms with Crippen molar-refractivity contribution in [1.29, 1.82) is 0 Å². The summed E-state index contributed by atoms with van der Waals surface area (Å²) in [6.07, 6.45) is 0.360. The molecule has 0 heterocycles. The van der Waals surface area contributed by atoms with Crippen LogP contribution in [0.4, 0.5) is 4.39 Å². The van der Waals surface area contributed by atoms with Gasteiger partial charge in [0.15, 0.2) is 5.78 Å². The predicted molar refractivity (Wildman–Crippen MR) is 70.4 cm³/mol. The standard InChI is InChI=1S/C16H15FO/c1-11-3-4-12(2)14(9-11)10-16(18)13-5-7-15(17)8-6-13/h3-9H,10H2,1-2H3. The van der Waals surface area contributed by atoms with Crippen LogP contribution in [0.1, 0.15) is 27.0 Å². The number of carbonyl (C=O) groups is 1. The number of halogens is 1. The summed E-state index contributed by atoms with van der Waals surface area (Å²) in [6.45, 7) is 4.00. The highest BCUT2D eigenvalue weighted by atomic mass is 19.1. The lowest BCUT2D eigenvalue weighted by molar-refractivity contribution is 0.0992. The Labute approximate surface area is 106 Å². The molecule has 0 N–H and O–H groups in total. The highest BCUT2D eigenvalue weighted by molar-refractivity contribution is 5.97. The maximum atomic E-state index is 12.8. The van der Waals surface area contributed by atoms with Crippen LogP contribution in [-0.2, 0) is 6.42 Å². The summed E-state index contributed by atoms with van der Waals surface area (Å²) in [4.78, 5) is 12.1. The molecule has 92 valence electrons. The molecule has 2 rings (SSSR count). The maximum absolute atomic E-state index is 12.8. The van der Waals surface area contributed by atoms with E-state index in [0.29, 0.717) is 12.0 Å². The molecule has 0 aliphatic carbocycles. The van der Waals surface area contributed by atoms with E-state index in [1.807, 2.05) is 32.0 Å². The molecule has 2 heteroatoms. The average Bonchev–Trinajstić information content (AvgIpc) is 2.34. The number of carbonyl (C=O) groups excluding carboxylic acids is 1. The van der Waals surface area contributed by atoms with Gasteiger partial charge >= 0.3 is 0 Å². The highest BCUT2D eigenvalue weighted by Crippen LogP contribution is 2.14. The van der Waals surface area contributed by atoms with Crippen LogP contribution in [0.5, 0.6) is 0 Å². The van der Waals surface area contributed by atoms with Crippen LogP contribution >= 0.6 is 0 Å². The third-order valence-electron chi connectivity index (χ3n) is 3.02. The van der Waals surface area contributed by atoms with Crippen molar-refractivity contribution in [3.05, 3.63) is 70.5 Å². The van der Waals surface area contributed by atoms with Crippen LogP contribution in [0, 0.1) is 19.7 Å². The lowest BCUT2D eigenvalue weighted by Gasteiger charge is -2.06. The van der Waals surface area contributed by atoms with E-state index in [0.717, 1.165) is 16.7 Å². The van der Waals surface area contributed by atoms with Crippen molar-refractivity contribution in [3.8, 4) is 0 Å². The Bertz CT molecular complexity index is 570. The van der Waals surface area contributed by atoms with Crippen molar-refractivity contribution >= 4 is 5.78 Å². The molecule has 0 saturated heterocycles. The molecule has 0 aliphatic rings. The topological polar surface area (TPSA) is 17.1 Å². The van der Waals surface area contributed by atoms with Gasteiger partial charge in [-0.15, -0.1) is 0 Å². The number of hydrogen-bond acceptors (Lipinski definition) is 1. The van der Waals surface area contributed by atoms with Crippen LogP contribution in [0.2, 0.25) is 0 Å². The Hall–Kier alpha value is -1.96. The normalized spacial score (nSPS) is 10.4. The summed E-state index contributed by atoms with van der Waals surface area (Å²) in [5, 5.41) is 0. The summed E-state index contributed by atoms with van der Waals surface area (Å²) < 4.78 is 12.8. The fourth-order valence-electron chi connectivity index (χ4n) is 1.90. The Balaban J connectivity index is 2.21. The summed E-state index contributed by atoms with van der Waals surface area (Å²) in [6, 6.07) is 11.8. The average molecular weight is 242 g/mol.